The monoisotopic (exact) mass is 445 g/mol. The van der Waals surface area contributed by atoms with Crippen molar-refractivity contribution >= 4 is 34.6 Å². The quantitative estimate of drug-likeness (QED) is 0.411. The van der Waals surface area contributed by atoms with Crippen LogP contribution >= 0.6 is 11.6 Å². The van der Waals surface area contributed by atoms with E-state index in [1.165, 1.54) is 25.1 Å². The van der Waals surface area contributed by atoms with Gasteiger partial charge in [0.05, 0.1) is 21.6 Å². The summed E-state index contributed by atoms with van der Waals surface area (Å²) in [6.07, 6.45) is 2.15. The summed E-state index contributed by atoms with van der Waals surface area (Å²) in [6, 6.07) is 7.85. The van der Waals surface area contributed by atoms with Crippen LogP contribution in [0.5, 0.6) is 11.5 Å². The molecular formula is C19H16ClN5O6. The van der Waals surface area contributed by atoms with E-state index in [4.69, 9.17) is 16.3 Å². The average Bonchev–Trinajstić information content (AvgIpc) is 3.20. The van der Waals surface area contributed by atoms with Gasteiger partial charge >= 0.3 is 5.69 Å². The Morgan fingerprint density at radius 1 is 1.16 bits per heavy atom. The largest absolute Gasteiger partial charge is 0.457 e. The van der Waals surface area contributed by atoms with E-state index in [0.29, 0.717) is 10.8 Å². The van der Waals surface area contributed by atoms with E-state index in [1.807, 2.05) is 0 Å². The van der Waals surface area contributed by atoms with Gasteiger partial charge in [0.2, 0.25) is 5.91 Å². The Balaban J connectivity index is 1.85. The van der Waals surface area contributed by atoms with Gasteiger partial charge in [-0.3, -0.25) is 29.7 Å². The minimum Gasteiger partial charge on any atom is -0.457 e. The molecule has 2 aromatic carbocycles. The molecule has 0 fully saturated rings. The van der Waals surface area contributed by atoms with E-state index in [2.05, 4.69) is 10.4 Å². The van der Waals surface area contributed by atoms with E-state index in [-0.39, 0.29) is 22.8 Å². The molecule has 0 aliphatic rings. The lowest BCUT2D eigenvalue weighted by molar-refractivity contribution is -0.385. The van der Waals surface area contributed by atoms with Crippen molar-refractivity contribution in [3.8, 4) is 11.5 Å². The number of nitro benzene ring substituents is 1. The number of ether oxygens (including phenoxy) is 1. The minimum absolute atomic E-state index is 0.120. The fraction of sp³-hybridized carbons (Fsp3) is 0.158. The first-order chi connectivity index (χ1) is 14.6. The summed E-state index contributed by atoms with van der Waals surface area (Å²) in [5.74, 6) is 0.00353. The molecule has 0 aliphatic carbocycles. The van der Waals surface area contributed by atoms with E-state index in [0.717, 1.165) is 22.6 Å². The highest BCUT2D eigenvalue weighted by molar-refractivity contribution is 6.30. The molecule has 0 saturated carbocycles. The summed E-state index contributed by atoms with van der Waals surface area (Å²) in [4.78, 5) is 33.4. The third-order valence-electron chi connectivity index (χ3n) is 4.31. The summed E-state index contributed by atoms with van der Waals surface area (Å²) in [7, 11) is 0. The summed E-state index contributed by atoms with van der Waals surface area (Å²) >= 11 is 5.93. The fourth-order valence-corrected chi connectivity index (χ4v) is 2.90. The summed E-state index contributed by atoms with van der Waals surface area (Å²) in [5.41, 5.74) is 0.290. The zero-order valence-electron chi connectivity index (χ0n) is 16.3. The van der Waals surface area contributed by atoms with Crippen molar-refractivity contribution in [1.82, 2.24) is 9.78 Å². The number of aromatic nitrogens is 2. The Labute approximate surface area is 180 Å². The minimum atomic E-state index is -0.907. The molecule has 1 aromatic heterocycles. The first-order valence-corrected chi connectivity index (χ1v) is 9.24. The second-order valence-electron chi connectivity index (χ2n) is 6.59. The van der Waals surface area contributed by atoms with Crippen LogP contribution in [0, 0.1) is 27.2 Å². The predicted octanol–water partition coefficient (Wildman–Crippen LogP) is 4.65. The van der Waals surface area contributed by atoms with Gasteiger partial charge in [-0.05, 0) is 37.6 Å². The Bertz CT molecular complexity index is 1180. The summed E-state index contributed by atoms with van der Waals surface area (Å²) < 4.78 is 6.87. The molecule has 1 unspecified atom stereocenters. The number of nitrogens with zero attached hydrogens (tertiary/aromatic N) is 4. The number of non-ortho nitro benzene ring substituents is 1. The number of rotatable bonds is 7. The molecule has 0 saturated heterocycles. The number of carbonyl (C=O) groups is 1. The number of nitrogens with one attached hydrogen (secondary N) is 1. The van der Waals surface area contributed by atoms with Gasteiger partial charge in [-0.25, -0.2) is 0 Å². The van der Waals surface area contributed by atoms with Gasteiger partial charge in [0.25, 0.3) is 5.69 Å². The molecule has 31 heavy (non-hydrogen) atoms. The Kier molecular flexibility index (Phi) is 6.16. The van der Waals surface area contributed by atoms with E-state index in [1.54, 1.807) is 25.1 Å². The van der Waals surface area contributed by atoms with Crippen molar-refractivity contribution in [3.63, 3.8) is 0 Å². The molecule has 3 aromatic rings. The molecule has 1 amide bonds. The molecule has 0 bridgehead atoms. The number of halogens is 1. The first kappa shape index (κ1) is 21.7. The maximum atomic E-state index is 12.6. The van der Waals surface area contributed by atoms with E-state index < -0.39 is 21.8 Å². The van der Waals surface area contributed by atoms with Crippen molar-refractivity contribution in [2.75, 3.05) is 5.32 Å². The lowest BCUT2D eigenvalue weighted by Gasteiger charge is -2.14. The normalized spacial score (nSPS) is 11.6. The Hall–Kier alpha value is -3.99. The van der Waals surface area contributed by atoms with Crippen molar-refractivity contribution in [2.45, 2.75) is 19.9 Å². The average molecular weight is 446 g/mol. The lowest BCUT2D eigenvalue weighted by atomic mass is 10.2. The van der Waals surface area contributed by atoms with Crippen LogP contribution in [0.25, 0.3) is 0 Å². The van der Waals surface area contributed by atoms with Crippen LogP contribution in [0.4, 0.5) is 17.1 Å². The Morgan fingerprint density at radius 2 is 1.87 bits per heavy atom. The van der Waals surface area contributed by atoms with Crippen LogP contribution in [-0.2, 0) is 4.79 Å². The molecule has 1 heterocycles. The maximum Gasteiger partial charge on any atom is 0.307 e. The second-order valence-corrected chi connectivity index (χ2v) is 7.02. The number of anilines is 1. The number of hydrogen-bond acceptors (Lipinski definition) is 7. The van der Waals surface area contributed by atoms with Crippen LogP contribution in [0.3, 0.4) is 0 Å². The van der Waals surface area contributed by atoms with Crippen LogP contribution in [-0.4, -0.2) is 25.5 Å². The van der Waals surface area contributed by atoms with Gasteiger partial charge in [-0.15, -0.1) is 0 Å². The highest BCUT2D eigenvalue weighted by atomic mass is 35.5. The number of carbonyl (C=O) groups excluding carboxylic acids is 1. The van der Waals surface area contributed by atoms with E-state index >= 15 is 0 Å². The van der Waals surface area contributed by atoms with Gasteiger partial charge in [0.15, 0.2) is 0 Å². The molecule has 11 nitrogen and oxygen atoms in total. The zero-order valence-corrected chi connectivity index (χ0v) is 17.1. The van der Waals surface area contributed by atoms with Crippen molar-refractivity contribution in [2.24, 2.45) is 0 Å². The van der Waals surface area contributed by atoms with Crippen LogP contribution in [0.2, 0.25) is 5.02 Å². The number of hydrogen-bond donors (Lipinski definition) is 1. The standard InChI is InChI=1S/C19H16ClN5O6/c1-11-5-13(20)3-4-18(11)31-17-7-14(6-15(8-17)24(27)28)22-19(26)12(2)23-10-16(9-21-23)25(29)30/h3-10,12H,1-2H3,(H,22,26). The highest BCUT2D eigenvalue weighted by Gasteiger charge is 2.21. The fourth-order valence-electron chi connectivity index (χ4n) is 2.68. The third-order valence-corrected chi connectivity index (χ3v) is 4.54. The van der Waals surface area contributed by atoms with Gasteiger partial charge < -0.3 is 10.1 Å². The van der Waals surface area contributed by atoms with Gasteiger partial charge in [-0.1, -0.05) is 11.6 Å². The third kappa shape index (κ3) is 5.14. The predicted molar refractivity (Wildman–Crippen MR) is 112 cm³/mol. The van der Waals surface area contributed by atoms with Crippen molar-refractivity contribution < 1.29 is 19.4 Å². The summed E-state index contributed by atoms with van der Waals surface area (Å²) in [6.45, 7) is 3.25. The first-order valence-electron chi connectivity index (χ1n) is 8.87. The smallest absolute Gasteiger partial charge is 0.307 e. The number of amides is 1. The van der Waals surface area contributed by atoms with E-state index in [9.17, 15) is 25.0 Å². The second kappa shape index (κ2) is 8.79. The Morgan fingerprint density at radius 3 is 2.48 bits per heavy atom. The van der Waals surface area contributed by atoms with Crippen molar-refractivity contribution in [3.05, 3.63) is 79.6 Å². The van der Waals surface area contributed by atoms with Crippen LogP contribution in [0.1, 0.15) is 18.5 Å². The van der Waals surface area contributed by atoms with Gasteiger partial charge in [0, 0.05) is 17.2 Å². The molecule has 1 atom stereocenters. The molecule has 0 spiro atoms. The molecule has 3 rings (SSSR count). The topological polar surface area (TPSA) is 142 Å². The maximum absolute atomic E-state index is 12.6. The highest BCUT2D eigenvalue weighted by Crippen LogP contribution is 2.32. The number of aryl methyl sites for hydroxylation is 1. The molecule has 0 radical (unpaired) electrons. The summed E-state index contributed by atoms with van der Waals surface area (Å²) in [5, 5.41) is 29.0. The molecule has 0 aliphatic heterocycles. The lowest BCUT2D eigenvalue weighted by Crippen LogP contribution is -2.24. The zero-order chi connectivity index (χ0) is 22.7. The molecule has 1 N–H and O–H groups in total. The van der Waals surface area contributed by atoms with Gasteiger partial charge in [0.1, 0.15) is 29.9 Å². The van der Waals surface area contributed by atoms with Crippen LogP contribution < -0.4 is 10.1 Å². The number of nitro groups is 2. The van der Waals surface area contributed by atoms with Crippen molar-refractivity contribution in [1.29, 1.82) is 0 Å². The molecular weight excluding hydrogens is 430 g/mol. The van der Waals surface area contributed by atoms with Crippen LogP contribution in [0.15, 0.2) is 48.8 Å². The van der Waals surface area contributed by atoms with Gasteiger partial charge in [-0.2, -0.15) is 5.10 Å². The molecule has 160 valence electrons. The SMILES string of the molecule is Cc1cc(Cl)ccc1Oc1cc(NC(=O)C(C)n2cc([N+](=O)[O-])cn2)cc([N+](=O)[O-])c1. The molecule has 12 heteroatoms. The number of benzene rings is 2.